The minimum atomic E-state index is -0.611. The van der Waals surface area contributed by atoms with E-state index in [0.717, 1.165) is 30.5 Å². The molecule has 172 valence electrons. The van der Waals surface area contributed by atoms with Crippen LogP contribution in [0.3, 0.4) is 0 Å². The number of para-hydroxylation sites is 1. The lowest BCUT2D eigenvalue weighted by Crippen LogP contribution is -2.19. The number of benzene rings is 1. The van der Waals surface area contributed by atoms with Gasteiger partial charge < -0.3 is 20.9 Å². The van der Waals surface area contributed by atoms with Crippen molar-refractivity contribution in [3.63, 3.8) is 0 Å². The Morgan fingerprint density at radius 1 is 1.12 bits per heavy atom. The van der Waals surface area contributed by atoms with Crippen molar-refractivity contribution in [1.82, 2.24) is 25.3 Å². The minimum absolute atomic E-state index is 0.0310. The zero-order valence-electron chi connectivity index (χ0n) is 18.2. The smallest absolute Gasteiger partial charge is 0.253 e. The molecule has 4 N–H and O–H groups in total. The largest absolute Gasteiger partial charge is 0.364 e. The van der Waals surface area contributed by atoms with Gasteiger partial charge in [0.15, 0.2) is 5.82 Å². The van der Waals surface area contributed by atoms with Crippen molar-refractivity contribution in [2.75, 3.05) is 17.7 Å². The highest BCUT2D eigenvalue weighted by Crippen LogP contribution is 2.32. The number of anilines is 4. The van der Waals surface area contributed by atoms with Crippen molar-refractivity contribution < 1.29 is 9.18 Å². The van der Waals surface area contributed by atoms with Crippen molar-refractivity contribution in [2.24, 2.45) is 0 Å². The van der Waals surface area contributed by atoms with E-state index in [2.05, 4.69) is 37.0 Å². The summed E-state index contributed by atoms with van der Waals surface area (Å²) in [6, 6.07) is 10.2. The van der Waals surface area contributed by atoms with E-state index in [1.807, 2.05) is 18.3 Å². The van der Waals surface area contributed by atoms with E-state index >= 15 is 0 Å². The van der Waals surface area contributed by atoms with Crippen molar-refractivity contribution in [3.05, 3.63) is 76.5 Å². The predicted octanol–water partition coefficient (Wildman–Crippen LogP) is 4.99. The Balaban J connectivity index is 1.45. The minimum Gasteiger partial charge on any atom is -0.364 e. The number of fused-ring (bicyclic) bond motifs is 3. The average Bonchev–Trinajstić information content (AvgIpc) is 3.24. The Morgan fingerprint density at radius 3 is 2.85 bits per heavy atom. The number of aromatic amines is 1. The molecule has 10 heteroatoms. The van der Waals surface area contributed by atoms with Crippen LogP contribution in [0.2, 0.25) is 5.02 Å². The van der Waals surface area contributed by atoms with Crippen LogP contribution in [0, 0.1) is 5.82 Å². The lowest BCUT2D eigenvalue weighted by atomic mass is 10.1. The van der Waals surface area contributed by atoms with Crippen LogP contribution < -0.4 is 16.0 Å². The first-order valence-electron chi connectivity index (χ1n) is 10.8. The summed E-state index contributed by atoms with van der Waals surface area (Å²) in [6.07, 6.45) is 6.31. The molecule has 0 spiro atoms. The molecule has 0 bridgehead atoms. The van der Waals surface area contributed by atoms with Crippen LogP contribution in [-0.2, 0) is 12.8 Å². The number of nitrogens with zero attached hydrogens (tertiary/aromatic N) is 3. The normalized spacial score (nSPS) is 12.3. The van der Waals surface area contributed by atoms with Gasteiger partial charge in [-0.25, -0.2) is 14.4 Å². The highest BCUT2D eigenvalue weighted by atomic mass is 35.5. The standard InChI is InChI=1S/C24H21ClFN7O/c1-27-23(34)15-5-3-6-17(26)21(15)32-22-16(25)12-29-24(33-22)31-19-9-8-13-4-2-7-18-14(10-11-28-18)20(13)30-19/h3,5-6,8-12,28H,2,4,7H2,1H3,(H,27,34)(H2,29,30,31,32,33). The molecule has 3 heterocycles. The Labute approximate surface area is 200 Å². The van der Waals surface area contributed by atoms with Crippen LogP contribution in [0.25, 0.3) is 11.3 Å². The van der Waals surface area contributed by atoms with Gasteiger partial charge in [0.05, 0.1) is 23.1 Å². The molecule has 3 aromatic heterocycles. The second-order valence-electron chi connectivity index (χ2n) is 7.81. The highest BCUT2D eigenvalue weighted by molar-refractivity contribution is 6.33. The Kier molecular flexibility index (Phi) is 5.85. The monoisotopic (exact) mass is 477 g/mol. The Bertz CT molecular complexity index is 1390. The summed E-state index contributed by atoms with van der Waals surface area (Å²) in [5, 5.41) is 8.60. The fourth-order valence-electron chi connectivity index (χ4n) is 4.00. The second-order valence-corrected chi connectivity index (χ2v) is 8.22. The number of nitrogens with one attached hydrogen (secondary N) is 4. The summed E-state index contributed by atoms with van der Waals surface area (Å²) in [6.45, 7) is 0. The van der Waals surface area contributed by atoms with Gasteiger partial charge in [-0.1, -0.05) is 23.7 Å². The maximum Gasteiger partial charge on any atom is 0.253 e. The number of H-pyrrole nitrogens is 1. The van der Waals surface area contributed by atoms with Crippen LogP contribution in [-0.4, -0.2) is 32.9 Å². The quantitative estimate of drug-likeness (QED) is 0.322. The van der Waals surface area contributed by atoms with Gasteiger partial charge in [0.25, 0.3) is 5.91 Å². The number of carbonyl (C=O) groups is 1. The second kappa shape index (κ2) is 9.11. The molecule has 1 aromatic carbocycles. The molecule has 0 saturated heterocycles. The van der Waals surface area contributed by atoms with Gasteiger partial charge in [0, 0.05) is 24.5 Å². The third-order valence-electron chi connectivity index (χ3n) is 5.65. The number of aryl methyl sites for hydroxylation is 2. The SMILES string of the molecule is CNC(=O)c1cccc(F)c1Nc1nc(Nc2ccc3c(n2)-c2cc[nH]c2CCC3)ncc1Cl. The number of hydrogen-bond acceptors (Lipinski definition) is 6. The Morgan fingerprint density at radius 2 is 2.00 bits per heavy atom. The van der Waals surface area contributed by atoms with Gasteiger partial charge in [-0.2, -0.15) is 4.98 Å². The van der Waals surface area contributed by atoms with E-state index < -0.39 is 11.7 Å². The first-order chi connectivity index (χ1) is 16.5. The van der Waals surface area contributed by atoms with E-state index in [-0.39, 0.29) is 28.0 Å². The maximum absolute atomic E-state index is 14.5. The summed E-state index contributed by atoms with van der Waals surface area (Å²) < 4.78 is 14.5. The van der Waals surface area contributed by atoms with E-state index in [0.29, 0.717) is 5.82 Å². The molecule has 1 aliphatic carbocycles. The predicted molar refractivity (Wildman–Crippen MR) is 129 cm³/mol. The van der Waals surface area contributed by atoms with Gasteiger partial charge in [0.1, 0.15) is 16.7 Å². The fourth-order valence-corrected chi connectivity index (χ4v) is 4.14. The maximum atomic E-state index is 14.5. The summed E-state index contributed by atoms with van der Waals surface area (Å²) in [5.41, 5.74) is 4.47. The topological polar surface area (TPSA) is 108 Å². The third-order valence-corrected chi connectivity index (χ3v) is 5.93. The molecular weight excluding hydrogens is 457 g/mol. The van der Waals surface area contributed by atoms with Crippen LogP contribution in [0.4, 0.5) is 27.7 Å². The number of aromatic nitrogens is 4. The van der Waals surface area contributed by atoms with Crippen molar-refractivity contribution in [2.45, 2.75) is 19.3 Å². The number of rotatable bonds is 5. The van der Waals surface area contributed by atoms with Gasteiger partial charge in [0.2, 0.25) is 5.95 Å². The van der Waals surface area contributed by atoms with Crippen LogP contribution in [0.1, 0.15) is 28.0 Å². The molecule has 0 atom stereocenters. The van der Waals surface area contributed by atoms with E-state index in [4.69, 9.17) is 16.6 Å². The summed E-state index contributed by atoms with van der Waals surface area (Å²) in [5.74, 6) is -0.112. The van der Waals surface area contributed by atoms with E-state index in [1.54, 1.807) is 0 Å². The first-order valence-corrected chi connectivity index (χ1v) is 11.1. The average molecular weight is 478 g/mol. The summed E-state index contributed by atoms with van der Waals surface area (Å²) >= 11 is 6.27. The summed E-state index contributed by atoms with van der Waals surface area (Å²) in [7, 11) is 1.47. The van der Waals surface area contributed by atoms with E-state index in [9.17, 15) is 9.18 Å². The fraction of sp³-hybridized carbons (Fsp3) is 0.167. The number of halogens is 2. The Hall–Kier alpha value is -3.98. The molecule has 0 unspecified atom stereocenters. The van der Waals surface area contributed by atoms with Gasteiger partial charge in [-0.15, -0.1) is 0 Å². The van der Waals surface area contributed by atoms with Crippen LogP contribution in [0.15, 0.2) is 48.8 Å². The molecule has 4 aromatic rings. The molecule has 5 rings (SSSR count). The van der Waals surface area contributed by atoms with Gasteiger partial charge >= 0.3 is 0 Å². The number of hydrogen-bond donors (Lipinski definition) is 4. The first kappa shape index (κ1) is 21.8. The van der Waals surface area contributed by atoms with Crippen molar-refractivity contribution >= 4 is 40.8 Å². The molecular formula is C24H21ClFN7O. The molecule has 0 radical (unpaired) electrons. The zero-order chi connectivity index (χ0) is 23.7. The van der Waals surface area contributed by atoms with Crippen LogP contribution in [0.5, 0.6) is 0 Å². The molecule has 8 nitrogen and oxygen atoms in total. The molecule has 34 heavy (non-hydrogen) atoms. The van der Waals surface area contributed by atoms with Gasteiger partial charge in [-0.3, -0.25) is 4.79 Å². The zero-order valence-corrected chi connectivity index (χ0v) is 19.0. The number of amides is 1. The van der Waals surface area contributed by atoms with Crippen molar-refractivity contribution in [3.8, 4) is 11.3 Å². The molecule has 0 fully saturated rings. The molecule has 0 saturated carbocycles. The third kappa shape index (κ3) is 4.17. The van der Waals surface area contributed by atoms with E-state index in [1.165, 1.54) is 42.7 Å². The van der Waals surface area contributed by atoms with Crippen molar-refractivity contribution in [1.29, 1.82) is 0 Å². The molecule has 0 aliphatic heterocycles. The number of pyridine rings is 1. The molecule has 1 aliphatic rings. The lowest BCUT2D eigenvalue weighted by Gasteiger charge is -2.14. The molecule has 1 amide bonds. The van der Waals surface area contributed by atoms with Crippen LogP contribution >= 0.6 is 11.6 Å². The highest BCUT2D eigenvalue weighted by Gasteiger charge is 2.19. The number of carbonyl (C=O) groups excluding carboxylic acids is 1. The summed E-state index contributed by atoms with van der Waals surface area (Å²) in [4.78, 5) is 28.9. The van der Waals surface area contributed by atoms with Gasteiger partial charge in [-0.05, 0) is 49.1 Å². The lowest BCUT2D eigenvalue weighted by molar-refractivity contribution is 0.0963.